The number of nitrogens with one attached hydrogen (secondary N) is 2. The molecule has 1 atom stereocenters. The Morgan fingerprint density at radius 2 is 2.26 bits per heavy atom. The molecule has 1 saturated heterocycles. The standard InChI is InChI=1S/C14H20N2O2.ClH/c1-2-10-6-7-13(17)12(9-10)16-14(18)11-5-3-4-8-15-11;/h6-7,9,11,15,17H,2-5,8H2,1H3,(H,16,18);1H/t11-;/m1./s1. The van der Waals surface area contributed by atoms with E-state index >= 15 is 0 Å². The molecule has 1 heterocycles. The molecule has 1 aliphatic heterocycles. The van der Waals surface area contributed by atoms with Crippen molar-refractivity contribution in [3.63, 3.8) is 0 Å². The first kappa shape index (κ1) is 15.8. The highest BCUT2D eigenvalue weighted by molar-refractivity contribution is 5.96. The third-order valence-corrected chi connectivity index (χ3v) is 3.35. The summed E-state index contributed by atoms with van der Waals surface area (Å²) >= 11 is 0. The van der Waals surface area contributed by atoms with Gasteiger partial charge in [-0.25, -0.2) is 0 Å². The van der Waals surface area contributed by atoms with E-state index in [1.54, 1.807) is 6.07 Å². The second-order valence-electron chi connectivity index (χ2n) is 4.70. The van der Waals surface area contributed by atoms with E-state index in [1.807, 2.05) is 19.1 Å². The number of hydrogen-bond donors (Lipinski definition) is 3. The van der Waals surface area contributed by atoms with Crippen LogP contribution in [-0.2, 0) is 11.2 Å². The fraction of sp³-hybridized carbons (Fsp3) is 0.500. The van der Waals surface area contributed by atoms with Gasteiger partial charge in [-0.2, -0.15) is 0 Å². The van der Waals surface area contributed by atoms with Gasteiger partial charge in [-0.1, -0.05) is 19.4 Å². The number of aryl methyl sites for hydroxylation is 1. The van der Waals surface area contributed by atoms with Gasteiger partial charge in [-0.15, -0.1) is 12.4 Å². The first-order valence-electron chi connectivity index (χ1n) is 6.57. The van der Waals surface area contributed by atoms with Gasteiger partial charge in [0.2, 0.25) is 5.91 Å². The van der Waals surface area contributed by atoms with E-state index in [1.165, 1.54) is 0 Å². The van der Waals surface area contributed by atoms with Crippen LogP contribution in [0.2, 0.25) is 0 Å². The van der Waals surface area contributed by atoms with Crippen LogP contribution in [0.5, 0.6) is 5.75 Å². The zero-order valence-electron chi connectivity index (χ0n) is 11.1. The van der Waals surface area contributed by atoms with E-state index in [0.29, 0.717) is 5.69 Å². The van der Waals surface area contributed by atoms with Gasteiger partial charge in [-0.05, 0) is 43.5 Å². The van der Waals surface area contributed by atoms with Crippen molar-refractivity contribution in [2.24, 2.45) is 0 Å². The number of halogens is 1. The van der Waals surface area contributed by atoms with Gasteiger partial charge < -0.3 is 15.7 Å². The molecule has 1 aromatic carbocycles. The van der Waals surface area contributed by atoms with Gasteiger partial charge in [0.1, 0.15) is 5.75 Å². The Hall–Kier alpha value is -1.26. The average Bonchev–Trinajstić information content (AvgIpc) is 2.42. The second kappa shape index (κ2) is 7.36. The van der Waals surface area contributed by atoms with Crippen LogP contribution in [0, 0.1) is 0 Å². The molecular formula is C14H21ClN2O2. The summed E-state index contributed by atoms with van der Waals surface area (Å²) in [5, 5.41) is 15.7. The zero-order valence-corrected chi connectivity index (χ0v) is 11.9. The molecule has 0 radical (unpaired) electrons. The van der Waals surface area contributed by atoms with Crippen LogP contribution in [0.4, 0.5) is 5.69 Å². The predicted molar refractivity (Wildman–Crippen MR) is 79.0 cm³/mol. The maximum absolute atomic E-state index is 12.0. The Balaban J connectivity index is 0.00000180. The number of carbonyl (C=O) groups is 1. The molecule has 0 saturated carbocycles. The largest absolute Gasteiger partial charge is 0.506 e. The van der Waals surface area contributed by atoms with Crippen molar-refractivity contribution in [1.29, 1.82) is 0 Å². The fourth-order valence-corrected chi connectivity index (χ4v) is 2.20. The van der Waals surface area contributed by atoms with Crippen molar-refractivity contribution < 1.29 is 9.90 Å². The monoisotopic (exact) mass is 284 g/mol. The Morgan fingerprint density at radius 3 is 2.89 bits per heavy atom. The number of piperidine rings is 1. The van der Waals surface area contributed by atoms with Crippen LogP contribution in [-0.4, -0.2) is 23.6 Å². The molecule has 4 nitrogen and oxygen atoms in total. The van der Waals surface area contributed by atoms with E-state index in [9.17, 15) is 9.90 Å². The topological polar surface area (TPSA) is 61.4 Å². The number of amides is 1. The van der Waals surface area contributed by atoms with E-state index in [-0.39, 0.29) is 30.1 Å². The van der Waals surface area contributed by atoms with Crippen molar-refractivity contribution in [2.45, 2.75) is 38.6 Å². The van der Waals surface area contributed by atoms with Gasteiger partial charge in [0, 0.05) is 0 Å². The quantitative estimate of drug-likeness (QED) is 0.747. The van der Waals surface area contributed by atoms with E-state index < -0.39 is 0 Å². The molecule has 1 fully saturated rings. The highest BCUT2D eigenvalue weighted by Crippen LogP contribution is 2.25. The predicted octanol–water partition coefficient (Wildman–Crippen LogP) is 2.46. The lowest BCUT2D eigenvalue weighted by Crippen LogP contribution is -2.43. The average molecular weight is 285 g/mol. The summed E-state index contributed by atoms with van der Waals surface area (Å²) in [6.45, 7) is 2.93. The van der Waals surface area contributed by atoms with Crippen molar-refractivity contribution in [2.75, 3.05) is 11.9 Å². The minimum Gasteiger partial charge on any atom is -0.506 e. The molecule has 2 rings (SSSR count). The summed E-state index contributed by atoms with van der Waals surface area (Å²) in [5.74, 6) is 0.0645. The number of carbonyl (C=O) groups excluding carboxylic acids is 1. The summed E-state index contributed by atoms with van der Waals surface area (Å²) in [6, 6.07) is 5.19. The SMILES string of the molecule is CCc1ccc(O)c(NC(=O)[C@H]2CCCCN2)c1.Cl. The third kappa shape index (κ3) is 4.11. The molecule has 1 amide bonds. The first-order valence-corrected chi connectivity index (χ1v) is 6.57. The van der Waals surface area contributed by atoms with Crippen LogP contribution >= 0.6 is 12.4 Å². The number of rotatable bonds is 3. The van der Waals surface area contributed by atoms with Crippen LogP contribution in [0.25, 0.3) is 0 Å². The van der Waals surface area contributed by atoms with Gasteiger partial charge in [0.05, 0.1) is 11.7 Å². The van der Waals surface area contributed by atoms with Crippen molar-refractivity contribution >= 4 is 24.0 Å². The number of benzene rings is 1. The lowest BCUT2D eigenvalue weighted by molar-refractivity contribution is -0.118. The third-order valence-electron chi connectivity index (χ3n) is 3.35. The highest BCUT2D eigenvalue weighted by atomic mass is 35.5. The van der Waals surface area contributed by atoms with Crippen molar-refractivity contribution in [1.82, 2.24) is 5.32 Å². The summed E-state index contributed by atoms with van der Waals surface area (Å²) in [4.78, 5) is 12.0. The Labute approximate surface area is 120 Å². The second-order valence-corrected chi connectivity index (χ2v) is 4.70. The minimum absolute atomic E-state index is 0. The summed E-state index contributed by atoms with van der Waals surface area (Å²) in [6.07, 6.45) is 3.94. The van der Waals surface area contributed by atoms with E-state index in [2.05, 4.69) is 10.6 Å². The Kier molecular flexibility index (Phi) is 6.12. The molecule has 0 spiro atoms. The van der Waals surface area contributed by atoms with E-state index in [4.69, 9.17) is 0 Å². The molecular weight excluding hydrogens is 264 g/mol. The molecule has 0 unspecified atom stereocenters. The highest BCUT2D eigenvalue weighted by Gasteiger charge is 2.21. The van der Waals surface area contributed by atoms with Gasteiger partial charge >= 0.3 is 0 Å². The lowest BCUT2D eigenvalue weighted by Gasteiger charge is -2.22. The summed E-state index contributed by atoms with van der Waals surface area (Å²) < 4.78 is 0. The molecule has 3 N–H and O–H groups in total. The number of anilines is 1. The molecule has 1 aliphatic rings. The number of hydrogen-bond acceptors (Lipinski definition) is 3. The number of phenols is 1. The molecule has 0 bridgehead atoms. The Morgan fingerprint density at radius 1 is 1.47 bits per heavy atom. The normalized spacial score (nSPS) is 18.5. The van der Waals surface area contributed by atoms with Gasteiger partial charge in [0.25, 0.3) is 0 Å². The molecule has 1 aromatic rings. The smallest absolute Gasteiger partial charge is 0.241 e. The molecule has 5 heteroatoms. The minimum atomic E-state index is -0.136. The summed E-state index contributed by atoms with van der Waals surface area (Å²) in [5.41, 5.74) is 1.60. The Bertz CT molecular complexity index is 431. The van der Waals surface area contributed by atoms with Crippen molar-refractivity contribution in [3.05, 3.63) is 23.8 Å². The fourth-order valence-electron chi connectivity index (χ4n) is 2.20. The van der Waals surface area contributed by atoms with Gasteiger partial charge in [-0.3, -0.25) is 4.79 Å². The lowest BCUT2D eigenvalue weighted by atomic mass is 10.0. The van der Waals surface area contributed by atoms with E-state index in [0.717, 1.165) is 37.8 Å². The van der Waals surface area contributed by atoms with Crippen LogP contribution in [0.3, 0.4) is 0 Å². The molecule has 106 valence electrons. The van der Waals surface area contributed by atoms with Crippen LogP contribution in [0.1, 0.15) is 31.7 Å². The maximum atomic E-state index is 12.0. The molecule has 19 heavy (non-hydrogen) atoms. The molecule has 0 aromatic heterocycles. The molecule has 0 aliphatic carbocycles. The maximum Gasteiger partial charge on any atom is 0.241 e. The first-order chi connectivity index (χ1) is 8.70. The van der Waals surface area contributed by atoms with Crippen LogP contribution in [0.15, 0.2) is 18.2 Å². The number of aromatic hydroxyl groups is 1. The van der Waals surface area contributed by atoms with Gasteiger partial charge in [0.15, 0.2) is 0 Å². The van der Waals surface area contributed by atoms with Crippen molar-refractivity contribution in [3.8, 4) is 5.75 Å². The van der Waals surface area contributed by atoms with Crippen LogP contribution < -0.4 is 10.6 Å². The summed E-state index contributed by atoms with van der Waals surface area (Å²) in [7, 11) is 0. The zero-order chi connectivity index (χ0) is 13.0. The number of phenolic OH excluding ortho intramolecular Hbond substituents is 1.